The van der Waals surface area contributed by atoms with Crippen LogP contribution in [0.1, 0.15) is 42.5 Å². The molecule has 11 nitrogen and oxygen atoms in total. The number of fused-ring (bicyclic) bond motifs is 1. The average molecular weight is 517 g/mol. The SMILES string of the molecule is Cc1n[nH]c(C(=O)Nc2cnc3[nH]nc(-c4cccc(N5CCN(C(=O)O)C(C(C)(C)C)C5)c4)c3c2)c1C. The average Bonchev–Trinajstić information content (AvgIpc) is 3.45. The normalized spacial score (nSPS) is 16.2. The van der Waals surface area contributed by atoms with Crippen LogP contribution in [0.25, 0.3) is 22.3 Å². The van der Waals surface area contributed by atoms with Crippen molar-refractivity contribution < 1.29 is 14.7 Å². The molecule has 1 fully saturated rings. The minimum absolute atomic E-state index is 0.138. The molecular formula is C27H32N8O3. The van der Waals surface area contributed by atoms with E-state index in [2.05, 4.69) is 62.4 Å². The summed E-state index contributed by atoms with van der Waals surface area (Å²) < 4.78 is 0. The molecule has 0 radical (unpaired) electrons. The van der Waals surface area contributed by atoms with E-state index in [-0.39, 0.29) is 17.4 Å². The molecule has 198 valence electrons. The Bertz CT molecular complexity index is 1520. The highest BCUT2D eigenvalue weighted by molar-refractivity contribution is 6.05. The van der Waals surface area contributed by atoms with Crippen LogP contribution in [0.3, 0.4) is 0 Å². The van der Waals surface area contributed by atoms with Gasteiger partial charge in [0.25, 0.3) is 5.91 Å². The Hall–Kier alpha value is -4.41. The number of H-pyrrole nitrogens is 2. The number of rotatable bonds is 4. The Balaban J connectivity index is 1.42. The molecule has 1 atom stereocenters. The number of benzene rings is 1. The molecule has 5 rings (SSSR count). The number of anilines is 2. The third-order valence-electron chi connectivity index (χ3n) is 7.26. The molecule has 38 heavy (non-hydrogen) atoms. The largest absolute Gasteiger partial charge is 0.465 e. The maximum atomic E-state index is 12.8. The van der Waals surface area contributed by atoms with E-state index in [0.29, 0.717) is 36.7 Å². The van der Waals surface area contributed by atoms with Gasteiger partial charge in [-0.2, -0.15) is 10.2 Å². The zero-order valence-corrected chi connectivity index (χ0v) is 22.2. The Morgan fingerprint density at radius 3 is 2.58 bits per heavy atom. The standard InChI is InChI=1S/C27H32N8O3/c1-15-16(2)30-31-22(15)25(36)29-18-12-20-23(32-33-24(20)28-13-18)17-7-6-8-19(11-17)34-9-10-35(26(37)38)21(14-34)27(3,4)5/h6-8,11-13,21H,9-10,14H2,1-5H3,(H,29,36)(H,30,31)(H,37,38)(H,28,32,33). The fourth-order valence-corrected chi connectivity index (χ4v) is 4.93. The maximum absolute atomic E-state index is 12.8. The zero-order chi connectivity index (χ0) is 27.2. The molecule has 1 aromatic carbocycles. The predicted molar refractivity (Wildman–Crippen MR) is 146 cm³/mol. The van der Waals surface area contributed by atoms with Crippen molar-refractivity contribution in [2.45, 2.75) is 40.7 Å². The fraction of sp³-hybridized carbons (Fsp3) is 0.370. The maximum Gasteiger partial charge on any atom is 0.407 e. The van der Waals surface area contributed by atoms with Crippen LogP contribution < -0.4 is 10.2 Å². The Labute approximate surface area is 220 Å². The lowest BCUT2D eigenvalue weighted by molar-refractivity contribution is 0.0748. The van der Waals surface area contributed by atoms with E-state index in [0.717, 1.165) is 33.6 Å². The lowest BCUT2D eigenvalue weighted by atomic mass is 9.84. The van der Waals surface area contributed by atoms with Gasteiger partial charge in [-0.25, -0.2) is 9.78 Å². The molecule has 1 aliphatic rings. The topological polar surface area (TPSA) is 143 Å². The van der Waals surface area contributed by atoms with Crippen LogP contribution in [0.5, 0.6) is 0 Å². The molecule has 1 aliphatic heterocycles. The van der Waals surface area contributed by atoms with Crippen LogP contribution in [-0.4, -0.2) is 73.1 Å². The Morgan fingerprint density at radius 2 is 1.89 bits per heavy atom. The Kier molecular flexibility index (Phi) is 6.29. The highest BCUT2D eigenvalue weighted by Gasteiger charge is 2.38. The van der Waals surface area contributed by atoms with Crippen LogP contribution in [0.15, 0.2) is 36.5 Å². The van der Waals surface area contributed by atoms with Crippen molar-refractivity contribution in [3.63, 3.8) is 0 Å². The number of aryl methyl sites for hydroxylation is 1. The van der Waals surface area contributed by atoms with E-state index in [1.54, 1.807) is 11.1 Å². The molecule has 4 heterocycles. The van der Waals surface area contributed by atoms with Gasteiger partial charge in [0.05, 0.1) is 23.6 Å². The summed E-state index contributed by atoms with van der Waals surface area (Å²) in [5.74, 6) is -0.287. The van der Waals surface area contributed by atoms with Crippen LogP contribution >= 0.6 is 0 Å². The number of carbonyl (C=O) groups excluding carboxylic acids is 1. The van der Waals surface area contributed by atoms with Gasteiger partial charge >= 0.3 is 6.09 Å². The van der Waals surface area contributed by atoms with Crippen LogP contribution in [-0.2, 0) is 0 Å². The molecule has 4 N–H and O–H groups in total. The number of amides is 2. The smallest absolute Gasteiger partial charge is 0.407 e. The van der Waals surface area contributed by atoms with Gasteiger partial charge in [-0.3, -0.25) is 15.0 Å². The monoisotopic (exact) mass is 516 g/mol. The second-order valence-electron chi connectivity index (χ2n) is 10.8. The van der Waals surface area contributed by atoms with Crippen molar-refractivity contribution in [1.29, 1.82) is 0 Å². The summed E-state index contributed by atoms with van der Waals surface area (Å²) in [6.45, 7) is 11.6. The number of nitrogens with one attached hydrogen (secondary N) is 3. The zero-order valence-electron chi connectivity index (χ0n) is 22.2. The second kappa shape index (κ2) is 9.47. The summed E-state index contributed by atoms with van der Waals surface area (Å²) in [4.78, 5) is 32.8. The summed E-state index contributed by atoms with van der Waals surface area (Å²) in [6.07, 6.45) is 0.709. The highest BCUT2D eigenvalue weighted by atomic mass is 16.4. The number of nitrogens with zero attached hydrogens (tertiary/aromatic N) is 5. The molecule has 0 saturated carbocycles. The third-order valence-corrected chi connectivity index (χ3v) is 7.26. The number of aromatic nitrogens is 5. The van der Waals surface area contributed by atoms with Crippen molar-refractivity contribution in [2.75, 3.05) is 29.9 Å². The summed E-state index contributed by atoms with van der Waals surface area (Å²) >= 11 is 0. The highest BCUT2D eigenvalue weighted by Crippen LogP contribution is 2.33. The minimum Gasteiger partial charge on any atom is -0.465 e. The van der Waals surface area contributed by atoms with Crippen LogP contribution in [0.4, 0.5) is 16.2 Å². The summed E-state index contributed by atoms with van der Waals surface area (Å²) in [7, 11) is 0. The number of aromatic amines is 2. The van der Waals surface area contributed by atoms with Crippen molar-refractivity contribution in [1.82, 2.24) is 30.3 Å². The van der Waals surface area contributed by atoms with Gasteiger partial charge in [-0.15, -0.1) is 0 Å². The molecule has 1 unspecified atom stereocenters. The van der Waals surface area contributed by atoms with E-state index in [1.165, 1.54) is 0 Å². The summed E-state index contributed by atoms with van der Waals surface area (Å²) in [5.41, 5.74) is 5.56. The van der Waals surface area contributed by atoms with Crippen LogP contribution in [0.2, 0.25) is 0 Å². The Morgan fingerprint density at radius 1 is 1.11 bits per heavy atom. The van der Waals surface area contributed by atoms with Crippen molar-refractivity contribution in [2.24, 2.45) is 5.41 Å². The first kappa shape index (κ1) is 25.2. The van der Waals surface area contributed by atoms with E-state index < -0.39 is 6.09 Å². The number of hydrogen-bond acceptors (Lipinski definition) is 6. The quantitative estimate of drug-likeness (QED) is 0.314. The van der Waals surface area contributed by atoms with E-state index in [4.69, 9.17) is 0 Å². The lowest BCUT2D eigenvalue weighted by Gasteiger charge is -2.46. The first-order valence-corrected chi connectivity index (χ1v) is 12.5. The van der Waals surface area contributed by atoms with Crippen molar-refractivity contribution in [3.8, 4) is 11.3 Å². The van der Waals surface area contributed by atoms with Gasteiger partial charge in [0.2, 0.25) is 0 Å². The number of piperazine rings is 1. The second-order valence-corrected chi connectivity index (χ2v) is 10.8. The van der Waals surface area contributed by atoms with Gasteiger partial charge in [0.15, 0.2) is 5.65 Å². The molecule has 3 aromatic heterocycles. The van der Waals surface area contributed by atoms with E-state index >= 15 is 0 Å². The molecule has 0 bridgehead atoms. The minimum atomic E-state index is -0.880. The first-order chi connectivity index (χ1) is 18.0. The first-order valence-electron chi connectivity index (χ1n) is 12.5. The summed E-state index contributed by atoms with van der Waals surface area (Å²) in [6, 6.07) is 9.77. The van der Waals surface area contributed by atoms with Gasteiger partial charge < -0.3 is 20.2 Å². The molecule has 4 aromatic rings. The van der Waals surface area contributed by atoms with Crippen molar-refractivity contribution >= 4 is 34.4 Å². The van der Waals surface area contributed by atoms with E-state index in [1.807, 2.05) is 38.1 Å². The van der Waals surface area contributed by atoms with Gasteiger partial charge in [0, 0.05) is 41.8 Å². The fourth-order valence-electron chi connectivity index (χ4n) is 4.93. The van der Waals surface area contributed by atoms with Crippen LogP contribution in [0, 0.1) is 19.3 Å². The van der Waals surface area contributed by atoms with Gasteiger partial charge in [-0.05, 0) is 37.5 Å². The van der Waals surface area contributed by atoms with Crippen molar-refractivity contribution in [3.05, 3.63) is 53.5 Å². The third kappa shape index (κ3) is 4.67. The lowest BCUT2D eigenvalue weighted by Crippen LogP contribution is -2.59. The molecule has 2 amide bonds. The van der Waals surface area contributed by atoms with Gasteiger partial charge in [0.1, 0.15) is 11.4 Å². The summed E-state index contributed by atoms with van der Waals surface area (Å²) in [5, 5.41) is 27.8. The number of carboxylic acid groups (broad SMARTS) is 1. The number of hydrogen-bond donors (Lipinski definition) is 4. The molecular weight excluding hydrogens is 484 g/mol. The molecule has 0 spiro atoms. The molecule has 1 saturated heterocycles. The predicted octanol–water partition coefficient (Wildman–Crippen LogP) is 4.43. The molecule has 11 heteroatoms. The van der Waals surface area contributed by atoms with E-state index in [9.17, 15) is 14.7 Å². The number of pyridine rings is 1. The van der Waals surface area contributed by atoms with Gasteiger partial charge in [-0.1, -0.05) is 32.9 Å². The number of carbonyl (C=O) groups is 2. The molecule has 0 aliphatic carbocycles.